The van der Waals surface area contributed by atoms with Crippen LogP contribution in [0.3, 0.4) is 0 Å². The van der Waals surface area contributed by atoms with Crippen LogP contribution in [-0.2, 0) is 11.3 Å². The topological polar surface area (TPSA) is 50.7 Å². The van der Waals surface area contributed by atoms with Gasteiger partial charge >= 0.3 is 0 Å². The first-order valence-corrected chi connectivity index (χ1v) is 10.2. The van der Waals surface area contributed by atoms with Crippen molar-refractivity contribution in [2.45, 2.75) is 51.2 Å². The molecule has 4 aliphatic rings. The minimum absolute atomic E-state index is 0.366. The molecule has 0 saturated heterocycles. The Bertz CT molecular complexity index is 568. The summed E-state index contributed by atoms with van der Waals surface area (Å²) in [5.41, 5.74) is 1.59. The van der Waals surface area contributed by atoms with Gasteiger partial charge in [0.1, 0.15) is 5.75 Å². The predicted molar refractivity (Wildman–Crippen MR) is 102 cm³/mol. The Morgan fingerprint density at radius 1 is 1.15 bits per heavy atom. The van der Waals surface area contributed by atoms with Crippen molar-refractivity contribution in [2.24, 2.45) is 23.2 Å². The molecule has 4 nitrogen and oxygen atoms in total. The number of rotatable bonds is 9. The summed E-state index contributed by atoms with van der Waals surface area (Å²) in [7, 11) is 1.67. The van der Waals surface area contributed by atoms with Crippen LogP contribution in [0.2, 0.25) is 0 Å². The highest BCUT2D eigenvalue weighted by Gasteiger charge is 2.50. The number of aliphatic hydroxyl groups is 1. The molecule has 1 aromatic carbocycles. The molecule has 144 valence electrons. The van der Waals surface area contributed by atoms with E-state index in [2.05, 4.69) is 5.32 Å². The summed E-state index contributed by atoms with van der Waals surface area (Å²) < 4.78 is 10.9. The first kappa shape index (κ1) is 18.3. The lowest BCUT2D eigenvalue weighted by atomic mass is 9.49. The van der Waals surface area contributed by atoms with Crippen LogP contribution in [0.15, 0.2) is 24.3 Å². The van der Waals surface area contributed by atoms with Gasteiger partial charge in [-0.15, -0.1) is 0 Å². The van der Waals surface area contributed by atoms with Crippen molar-refractivity contribution in [2.75, 3.05) is 26.8 Å². The number of hydrogen-bond donors (Lipinski definition) is 2. The number of benzene rings is 1. The Morgan fingerprint density at radius 3 is 2.50 bits per heavy atom. The van der Waals surface area contributed by atoms with Crippen LogP contribution in [0.5, 0.6) is 5.75 Å². The van der Waals surface area contributed by atoms with Crippen LogP contribution in [0, 0.1) is 23.2 Å². The van der Waals surface area contributed by atoms with Crippen molar-refractivity contribution in [3.8, 4) is 5.75 Å². The summed E-state index contributed by atoms with van der Waals surface area (Å²) in [5.74, 6) is 3.79. The zero-order valence-electron chi connectivity index (χ0n) is 16.0. The summed E-state index contributed by atoms with van der Waals surface area (Å²) in [6, 6.07) is 7.87. The lowest BCUT2D eigenvalue weighted by molar-refractivity contribution is -0.0532. The van der Waals surface area contributed by atoms with E-state index in [1.807, 2.05) is 24.3 Å². The van der Waals surface area contributed by atoms with E-state index < -0.39 is 6.10 Å². The van der Waals surface area contributed by atoms with Gasteiger partial charge in [-0.1, -0.05) is 12.1 Å². The molecule has 4 aliphatic carbocycles. The molecule has 0 aliphatic heterocycles. The number of methoxy groups -OCH3 is 1. The molecule has 4 fully saturated rings. The molecule has 5 rings (SSSR count). The Morgan fingerprint density at radius 2 is 1.85 bits per heavy atom. The lowest BCUT2D eigenvalue weighted by Crippen LogP contribution is -2.51. The van der Waals surface area contributed by atoms with Gasteiger partial charge in [0.05, 0.1) is 26.4 Å². The van der Waals surface area contributed by atoms with Gasteiger partial charge in [0.15, 0.2) is 0 Å². The van der Waals surface area contributed by atoms with Crippen LogP contribution in [0.25, 0.3) is 0 Å². The maximum absolute atomic E-state index is 10.2. The normalized spacial score (nSPS) is 33.4. The molecule has 1 aromatic rings. The minimum atomic E-state index is -0.450. The second-order valence-corrected chi connectivity index (χ2v) is 9.07. The molecule has 2 N–H and O–H groups in total. The lowest BCUT2D eigenvalue weighted by Gasteiger charge is -2.57. The van der Waals surface area contributed by atoms with E-state index in [1.54, 1.807) is 7.11 Å². The Balaban J connectivity index is 1.16. The molecular weight excluding hydrogens is 326 g/mol. The van der Waals surface area contributed by atoms with Gasteiger partial charge in [-0.3, -0.25) is 0 Å². The fraction of sp³-hybridized carbons (Fsp3) is 0.727. The number of hydrogen-bond acceptors (Lipinski definition) is 4. The molecule has 4 heteroatoms. The van der Waals surface area contributed by atoms with E-state index in [1.165, 1.54) is 38.5 Å². The van der Waals surface area contributed by atoms with Crippen molar-refractivity contribution < 1.29 is 14.6 Å². The van der Waals surface area contributed by atoms with E-state index in [0.717, 1.165) is 35.6 Å². The van der Waals surface area contributed by atoms with Gasteiger partial charge in [-0.2, -0.15) is 0 Å². The van der Waals surface area contributed by atoms with Crippen molar-refractivity contribution >= 4 is 0 Å². The second kappa shape index (κ2) is 7.87. The predicted octanol–water partition coefficient (Wildman–Crippen LogP) is 3.38. The molecule has 0 aromatic heterocycles. The molecule has 4 bridgehead atoms. The Labute approximate surface area is 157 Å². The highest BCUT2D eigenvalue weighted by molar-refractivity contribution is 5.27. The fourth-order valence-corrected chi connectivity index (χ4v) is 6.14. The third kappa shape index (κ3) is 4.24. The van der Waals surface area contributed by atoms with E-state index in [9.17, 15) is 5.11 Å². The van der Waals surface area contributed by atoms with Crippen LogP contribution < -0.4 is 10.1 Å². The first-order valence-electron chi connectivity index (χ1n) is 10.2. The molecule has 0 heterocycles. The minimum Gasteiger partial charge on any atom is -0.497 e. The summed E-state index contributed by atoms with van der Waals surface area (Å²) in [6.45, 7) is 2.57. The molecule has 0 spiro atoms. The van der Waals surface area contributed by atoms with Crippen LogP contribution in [0.4, 0.5) is 0 Å². The fourth-order valence-electron chi connectivity index (χ4n) is 6.14. The smallest absolute Gasteiger partial charge is 0.119 e. The number of aliphatic hydroxyl groups excluding tert-OH is 1. The van der Waals surface area contributed by atoms with Gasteiger partial charge in [0, 0.05) is 13.1 Å². The molecule has 1 atom stereocenters. The van der Waals surface area contributed by atoms with E-state index >= 15 is 0 Å². The Hall–Kier alpha value is -1.10. The summed E-state index contributed by atoms with van der Waals surface area (Å²) in [6.07, 6.45) is 8.24. The van der Waals surface area contributed by atoms with Crippen LogP contribution in [-0.4, -0.2) is 38.0 Å². The monoisotopic (exact) mass is 359 g/mol. The third-order valence-corrected chi connectivity index (χ3v) is 6.76. The van der Waals surface area contributed by atoms with Crippen molar-refractivity contribution in [1.82, 2.24) is 5.32 Å². The maximum atomic E-state index is 10.2. The average molecular weight is 360 g/mol. The van der Waals surface area contributed by atoms with Crippen LogP contribution >= 0.6 is 0 Å². The molecule has 0 amide bonds. The molecule has 0 radical (unpaired) electrons. The quantitative estimate of drug-likeness (QED) is 0.710. The maximum Gasteiger partial charge on any atom is 0.119 e. The van der Waals surface area contributed by atoms with Crippen molar-refractivity contribution in [3.63, 3.8) is 0 Å². The standard InChI is InChI=1S/C22H33NO3/c1-25-21-4-2-3-16(8-21)13-26-14-20(24)12-23-15-22-9-17-5-18(10-22)7-19(6-17)11-22/h2-4,8,17-20,23-24H,5-7,9-15H2,1H3. The zero-order valence-corrected chi connectivity index (χ0v) is 16.0. The summed E-state index contributed by atoms with van der Waals surface area (Å²) in [5, 5.41) is 13.8. The SMILES string of the molecule is COc1cccc(COCC(O)CNCC23CC4CC(CC(C4)C2)C3)c1. The zero-order chi connectivity index (χ0) is 18.0. The molecule has 26 heavy (non-hydrogen) atoms. The summed E-state index contributed by atoms with van der Waals surface area (Å²) >= 11 is 0. The van der Waals surface area contributed by atoms with Crippen molar-refractivity contribution in [1.29, 1.82) is 0 Å². The average Bonchev–Trinajstić information content (AvgIpc) is 2.60. The first-order chi connectivity index (χ1) is 12.6. The second-order valence-electron chi connectivity index (χ2n) is 9.07. The summed E-state index contributed by atoms with van der Waals surface area (Å²) in [4.78, 5) is 0. The third-order valence-electron chi connectivity index (χ3n) is 6.76. The van der Waals surface area contributed by atoms with Gasteiger partial charge in [-0.05, 0) is 79.4 Å². The van der Waals surface area contributed by atoms with E-state index in [-0.39, 0.29) is 0 Å². The highest BCUT2D eigenvalue weighted by atomic mass is 16.5. The van der Waals surface area contributed by atoms with E-state index in [0.29, 0.717) is 25.2 Å². The van der Waals surface area contributed by atoms with Gasteiger partial charge in [0.25, 0.3) is 0 Å². The number of ether oxygens (including phenoxy) is 2. The highest BCUT2D eigenvalue weighted by Crippen LogP contribution is 2.59. The Kier molecular flexibility index (Phi) is 5.53. The molecular formula is C22H33NO3. The van der Waals surface area contributed by atoms with Gasteiger partial charge < -0.3 is 19.9 Å². The number of nitrogens with one attached hydrogen (secondary N) is 1. The van der Waals surface area contributed by atoms with Crippen LogP contribution in [0.1, 0.15) is 44.1 Å². The van der Waals surface area contributed by atoms with Gasteiger partial charge in [-0.25, -0.2) is 0 Å². The molecule has 1 unspecified atom stereocenters. The van der Waals surface area contributed by atoms with Crippen molar-refractivity contribution in [3.05, 3.63) is 29.8 Å². The van der Waals surface area contributed by atoms with Gasteiger partial charge in [0.2, 0.25) is 0 Å². The largest absolute Gasteiger partial charge is 0.497 e. The molecule has 4 saturated carbocycles. The van der Waals surface area contributed by atoms with E-state index in [4.69, 9.17) is 9.47 Å².